The Hall–Kier alpha value is -1.42. The van der Waals surface area contributed by atoms with Crippen molar-refractivity contribution >= 4 is 5.97 Å². The third-order valence-electron chi connectivity index (χ3n) is 2.86. The second kappa shape index (κ2) is 6.35. The van der Waals surface area contributed by atoms with Crippen molar-refractivity contribution in [2.45, 2.75) is 26.3 Å². The van der Waals surface area contributed by atoms with E-state index in [0.29, 0.717) is 25.1 Å². The summed E-state index contributed by atoms with van der Waals surface area (Å²) in [5.41, 5.74) is 0.712. The van der Waals surface area contributed by atoms with E-state index in [2.05, 4.69) is 0 Å². The summed E-state index contributed by atoms with van der Waals surface area (Å²) in [7, 11) is 0. The van der Waals surface area contributed by atoms with Crippen LogP contribution in [0.25, 0.3) is 0 Å². The van der Waals surface area contributed by atoms with Crippen molar-refractivity contribution in [3.8, 4) is 0 Å². The highest BCUT2D eigenvalue weighted by Gasteiger charge is 2.23. The second-order valence-electron chi connectivity index (χ2n) is 3.91. The van der Waals surface area contributed by atoms with Crippen molar-refractivity contribution in [1.82, 2.24) is 4.90 Å². The fraction of sp³-hybridized carbons (Fsp3) is 0.462. The van der Waals surface area contributed by atoms with Crippen molar-refractivity contribution in [3.63, 3.8) is 0 Å². The zero-order valence-electron chi connectivity index (χ0n) is 10.2. The van der Waals surface area contributed by atoms with E-state index in [0.717, 1.165) is 0 Å². The summed E-state index contributed by atoms with van der Waals surface area (Å²) < 4.78 is 13.0. The van der Waals surface area contributed by atoms with Crippen molar-refractivity contribution in [2.24, 2.45) is 0 Å². The number of hydrogen-bond acceptors (Lipinski definition) is 2. The van der Waals surface area contributed by atoms with E-state index in [1.54, 1.807) is 12.1 Å². The Morgan fingerprint density at radius 1 is 1.41 bits per heavy atom. The maximum atomic E-state index is 13.0. The van der Waals surface area contributed by atoms with Crippen LogP contribution in [-0.2, 0) is 11.2 Å². The first kappa shape index (κ1) is 13.6. The molecule has 17 heavy (non-hydrogen) atoms. The molecule has 1 N–H and O–H groups in total. The molecule has 0 aliphatic carbocycles. The molecule has 0 fully saturated rings. The zero-order valence-corrected chi connectivity index (χ0v) is 10.2. The maximum absolute atomic E-state index is 13.0. The molecule has 0 saturated carbocycles. The molecular weight excluding hydrogens is 221 g/mol. The molecule has 3 nitrogen and oxygen atoms in total. The highest BCUT2D eigenvalue weighted by atomic mass is 19.1. The Morgan fingerprint density at radius 3 is 2.53 bits per heavy atom. The Kier molecular flexibility index (Phi) is 5.10. The summed E-state index contributed by atoms with van der Waals surface area (Å²) in [6.07, 6.45) is 0.328. The predicted molar refractivity (Wildman–Crippen MR) is 64.4 cm³/mol. The van der Waals surface area contributed by atoms with Crippen LogP contribution < -0.4 is 0 Å². The van der Waals surface area contributed by atoms with Gasteiger partial charge in [0.05, 0.1) is 0 Å². The zero-order chi connectivity index (χ0) is 12.8. The van der Waals surface area contributed by atoms with Crippen LogP contribution in [0.15, 0.2) is 24.3 Å². The largest absolute Gasteiger partial charge is 0.480 e. The minimum Gasteiger partial charge on any atom is -0.480 e. The molecule has 0 aliphatic rings. The molecule has 0 saturated heterocycles. The Labute approximate surface area is 101 Å². The van der Waals surface area contributed by atoms with E-state index in [4.69, 9.17) is 0 Å². The first-order valence-electron chi connectivity index (χ1n) is 5.79. The summed E-state index contributed by atoms with van der Waals surface area (Å²) in [6, 6.07) is 5.51. The van der Waals surface area contributed by atoms with Crippen LogP contribution in [0.2, 0.25) is 0 Å². The van der Waals surface area contributed by atoms with E-state index in [1.165, 1.54) is 12.1 Å². The van der Waals surface area contributed by atoms with E-state index in [-0.39, 0.29) is 5.82 Å². The van der Waals surface area contributed by atoms with Crippen molar-refractivity contribution in [1.29, 1.82) is 0 Å². The molecule has 94 valence electrons. The predicted octanol–water partition coefficient (Wildman–Crippen LogP) is 2.16. The van der Waals surface area contributed by atoms with Crippen molar-refractivity contribution < 1.29 is 14.3 Å². The SMILES string of the molecule is CCN(CC)C(Cc1cccc(F)c1)C(=O)O. The third kappa shape index (κ3) is 3.82. The van der Waals surface area contributed by atoms with Crippen molar-refractivity contribution in [3.05, 3.63) is 35.6 Å². The molecule has 0 bridgehead atoms. The average Bonchev–Trinajstić information content (AvgIpc) is 2.29. The number of halogens is 1. The van der Waals surface area contributed by atoms with E-state index >= 15 is 0 Å². The molecule has 0 aliphatic heterocycles. The average molecular weight is 239 g/mol. The van der Waals surface area contributed by atoms with Crippen LogP contribution in [-0.4, -0.2) is 35.1 Å². The number of carboxylic acid groups (broad SMARTS) is 1. The molecule has 0 spiro atoms. The molecule has 4 heteroatoms. The third-order valence-corrected chi connectivity index (χ3v) is 2.86. The topological polar surface area (TPSA) is 40.5 Å². The first-order chi connectivity index (χ1) is 8.08. The lowest BCUT2D eigenvalue weighted by Gasteiger charge is -2.26. The highest BCUT2D eigenvalue weighted by Crippen LogP contribution is 2.11. The lowest BCUT2D eigenvalue weighted by Crippen LogP contribution is -2.42. The van der Waals surface area contributed by atoms with Gasteiger partial charge in [0, 0.05) is 0 Å². The lowest BCUT2D eigenvalue weighted by molar-refractivity contribution is -0.143. The normalized spacial score (nSPS) is 12.7. The fourth-order valence-corrected chi connectivity index (χ4v) is 1.92. The van der Waals surface area contributed by atoms with Crippen LogP contribution in [0, 0.1) is 5.82 Å². The quantitative estimate of drug-likeness (QED) is 0.827. The van der Waals surface area contributed by atoms with Gasteiger partial charge < -0.3 is 5.11 Å². The maximum Gasteiger partial charge on any atom is 0.321 e. The van der Waals surface area contributed by atoms with Crippen LogP contribution in [0.3, 0.4) is 0 Å². The molecule has 1 aromatic carbocycles. The Bertz CT molecular complexity index is 377. The number of nitrogens with zero attached hydrogens (tertiary/aromatic N) is 1. The van der Waals surface area contributed by atoms with Gasteiger partial charge in [0.15, 0.2) is 0 Å². The summed E-state index contributed by atoms with van der Waals surface area (Å²) in [4.78, 5) is 13.1. The minimum atomic E-state index is -0.863. The molecule has 1 rings (SSSR count). The van der Waals surface area contributed by atoms with Gasteiger partial charge >= 0.3 is 5.97 Å². The molecule has 1 aromatic rings. The van der Waals surface area contributed by atoms with Gasteiger partial charge in [-0.3, -0.25) is 9.69 Å². The standard InChI is InChI=1S/C13H18FNO2/c1-3-15(4-2)12(13(16)17)9-10-6-5-7-11(14)8-10/h5-8,12H,3-4,9H2,1-2H3,(H,16,17). The van der Waals surface area contributed by atoms with E-state index in [1.807, 2.05) is 18.7 Å². The monoisotopic (exact) mass is 239 g/mol. The minimum absolute atomic E-state index is 0.328. The number of carbonyl (C=O) groups is 1. The molecular formula is C13H18FNO2. The number of aliphatic carboxylic acids is 1. The Morgan fingerprint density at radius 2 is 2.06 bits per heavy atom. The highest BCUT2D eigenvalue weighted by molar-refractivity contribution is 5.73. The lowest BCUT2D eigenvalue weighted by atomic mass is 10.0. The van der Waals surface area contributed by atoms with Gasteiger partial charge in [-0.25, -0.2) is 4.39 Å². The number of benzene rings is 1. The van der Waals surface area contributed by atoms with Gasteiger partial charge in [-0.2, -0.15) is 0 Å². The number of hydrogen-bond donors (Lipinski definition) is 1. The molecule has 0 aromatic heterocycles. The van der Waals surface area contributed by atoms with Gasteiger partial charge in [-0.15, -0.1) is 0 Å². The van der Waals surface area contributed by atoms with Gasteiger partial charge in [0.1, 0.15) is 11.9 Å². The second-order valence-corrected chi connectivity index (χ2v) is 3.91. The summed E-state index contributed by atoms with van der Waals surface area (Å²) >= 11 is 0. The van der Waals surface area contributed by atoms with Gasteiger partial charge in [-0.05, 0) is 37.2 Å². The molecule has 0 radical (unpaired) electrons. The molecule has 0 heterocycles. The van der Waals surface area contributed by atoms with Gasteiger partial charge in [0.2, 0.25) is 0 Å². The summed E-state index contributed by atoms with van der Waals surface area (Å²) in [5, 5.41) is 9.20. The van der Waals surface area contributed by atoms with Gasteiger partial charge in [0.25, 0.3) is 0 Å². The Balaban J connectivity index is 2.83. The summed E-state index contributed by atoms with van der Waals surface area (Å²) in [5.74, 6) is -1.19. The summed E-state index contributed by atoms with van der Waals surface area (Å²) in [6.45, 7) is 5.18. The molecule has 1 unspecified atom stereocenters. The first-order valence-corrected chi connectivity index (χ1v) is 5.79. The van der Waals surface area contributed by atoms with Crippen LogP contribution in [0.5, 0.6) is 0 Å². The van der Waals surface area contributed by atoms with Crippen LogP contribution >= 0.6 is 0 Å². The molecule has 1 atom stereocenters. The van der Waals surface area contributed by atoms with Crippen LogP contribution in [0.1, 0.15) is 19.4 Å². The number of rotatable bonds is 6. The number of carboxylic acids is 1. The molecule has 0 amide bonds. The van der Waals surface area contributed by atoms with Crippen LogP contribution in [0.4, 0.5) is 4.39 Å². The fourth-order valence-electron chi connectivity index (χ4n) is 1.92. The van der Waals surface area contributed by atoms with E-state index in [9.17, 15) is 14.3 Å². The van der Waals surface area contributed by atoms with Gasteiger partial charge in [-0.1, -0.05) is 26.0 Å². The van der Waals surface area contributed by atoms with Crippen molar-refractivity contribution in [2.75, 3.05) is 13.1 Å². The smallest absolute Gasteiger partial charge is 0.321 e. The van der Waals surface area contributed by atoms with E-state index < -0.39 is 12.0 Å². The number of likely N-dealkylation sites (N-methyl/N-ethyl adjacent to an activating group) is 1.